The molecule has 0 saturated heterocycles. The van der Waals surface area contributed by atoms with Crippen LogP contribution in [0.3, 0.4) is 0 Å². The molecule has 1 atom stereocenters. The fraction of sp³-hybridized carbons (Fsp3) is 0.333. The Morgan fingerprint density at radius 2 is 1.80 bits per heavy atom. The molecule has 0 radical (unpaired) electrons. The number of nitrogens with zero attached hydrogens (tertiary/aromatic N) is 5. The van der Waals surface area contributed by atoms with Crippen molar-refractivity contribution in [3.63, 3.8) is 0 Å². The van der Waals surface area contributed by atoms with Crippen molar-refractivity contribution in [3.8, 4) is 11.4 Å². The molecule has 2 amide bonds. The summed E-state index contributed by atoms with van der Waals surface area (Å²) >= 11 is 0. The van der Waals surface area contributed by atoms with Crippen LogP contribution in [0.2, 0.25) is 0 Å². The molecule has 1 aliphatic rings. The highest BCUT2D eigenvalue weighted by Gasteiger charge is 2.37. The molecule has 2 aromatic carbocycles. The summed E-state index contributed by atoms with van der Waals surface area (Å²) in [5.74, 6) is 0.350. The summed E-state index contributed by atoms with van der Waals surface area (Å²) in [5, 5.41) is 15.7. The second kappa shape index (κ2) is 12.1. The Hall–Kier alpha value is -4.60. The lowest BCUT2D eigenvalue weighted by Crippen LogP contribution is -2.48. The molecular formula is C30H32N6O4. The largest absolute Gasteiger partial charge is 0.464 e. The van der Waals surface area contributed by atoms with Crippen LogP contribution in [-0.4, -0.2) is 43.8 Å². The van der Waals surface area contributed by atoms with Gasteiger partial charge in [0.1, 0.15) is 18.1 Å². The maximum Gasteiger partial charge on any atom is 0.251 e. The summed E-state index contributed by atoms with van der Waals surface area (Å²) in [6, 6.07) is 18.4. The van der Waals surface area contributed by atoms with Gasteiger partial charge in [0.05, 0.1) is 0 Å². The Morgan fingerprint density at radius 1 is 1.02 bits per heavy atom. The first-order chi connectivity index (χ1) is 19.4. The molecule has 0 spiro atoms. The Balaban J connectivity index is 1.52. The number of Topliss-reactive ketones (excluding diaryl/α,β-unsaturated/α-hetero) is 1. The lowest BCUT2D eigenvalue weighted by atomic mass is 9.95. The highest BCUT2D eigenvalue weighted by molar-refractivity contribution is 6.02. The summed E-state index contributed by atoms with van der Waals surface area (Å²) in [7, 11) is 0. The van der Waals surface area contributed by atoms with Gasteiger partial charge in [-0.05, 0) is 56.2 Å². The normalized spacial score (nSPS) is 14.4. The number of aryl methyl sites for hydroxylation is 1. The summed E-state index contributed by atoms with van der Waals surface area (Å²) in [4.78, 5) is 42.8. The number of anilines is 1. The minimum atomic E-state index is -1.11. The van der Waals surface area contributed by atoms with Crippen molar-refractivity contribution >= 4 is 23.3 Å². The van der Waals surface area contributed by atoms with E-state index in [4.69, 9.17) is 4.42 Å². The lowest BCUT2D eigenvalue weighted by molar-refractivity contribution is -0.128. The zero-order valence-electron chi connectivity index (χ0n) is 22.6. The van der Waals surface area contributed by atoms with Gasteiger partial charge in [0.2, 0.25) is 5.82 Å². The predicted octanol–water partition coefficient (Wildman–Crippen LogP) is 4.67. The van der Waals surface area contributed by atoms with E-state index >= 15 is 0 Å². The van der Waals surface area contributed by atoms with Crippen molar-refractivity contribution in [2.24, 2.45) is 0 Å². The van der Waals surface area contributed by atoms with Gasteiger partial charge in [-0.3, -0.25) is 19.3 Å². The van der Waals surface area contributed by atoms with Gasteiger partial charge in [-0.1, -0.05) is 61.7 Å². The van der Waals surface area contributed by atoms with Gasteiger partial charge >= 0.3 is 0 Å². The molecular weight excluding hydrogens is 508 g/mol. The molecule has 10 nitrogen and oxygen atoms in total. The second-order valence-electron chi connectivity index (χ2n) is 10.1. The minimum absolute atomic E-state index is 0.0192. The van der Waals surface area contributed by atoms with E-state index < -0.39 is 11.9 Å². The van der Waals surface area contributed by atoms with Gasteiger partial charge in [0.15, 0.2) is 11.8 Å². The number of ketones is 1. The topological polar surface area (TPSA) is 123 Å². The molecule has 2 heterocycles. The molecule has 5 rings (SSSR count). The van der Waals surface area contributed by atoms with Crippen LogP contribution in [0.1, 0.15) is 66.9 Å². The van der Waals surface area contributed by atoms with Crippen LogP contribution >= 0.6 is 0 Å². The number of tetrazole rings is 1. The van der Waals surface area contributed by atoms with E-state index in [2.05, 4.69) is 20.7 Å². The smallest absolute Gasteiger partial charge is 0.251 e. The molecule has 1 fully saturated rings. The summed E-state index contributed by atoms with van der Waals surface area (Å²) in [5.41, 5.74) is 1.57. The number of rotatable bonds is 9. The highest BCUT2D eigenvalue weighted by Crippen LogP contribution is 2.31. The van der Waals surface area contributed by atoms with Gasteiger partial charge < -0.3 is 9.73 Å². The van der Waals surface area contributed by atoms with Crippen molar-refractivity contribution in [2.45, 2.75) is 64.6 Å². The third-order valence-corrected chi connectivity index (χ3v) is 7.05. The Morgan fingerprint density at radius 3 is 2.50 bits per heavy atom. The zero-order valence-corrected chi connectivity index (χ0v) is 22.6. The van der Waals surface area contributed by atoms with E-state index in [1.807, 2.05) is 30.3 Å². The summed E-state index contributed by atoms with van der Waals surface area (Å²) < 4.78 is 5.93. The minimum Gasteiger partial charge on any atom is -0.464 e. The number of benzene rings is 2. The van der Waals surface area contributed by atoms with Crippen LogP contribution in [0.5, 0.6) is 0 Å². The van der Waals surface area contributed by atoms with E-state index in [0.29, 0.717) is 28.6 Å². The Bertz CT molecular complexity index is 1490. The SMILES string of the molecule is CC(=O)c1cccc(N(C(=O)Cn2nnc(-c3ccccc3)n2)[C@@H](C(=O)NC2CCCCC2)c2ccc(C)o2)c1. The fourth-order valence-corrected chi connectivity index (χ4v) is 5.02. The average Bonchev–Trinajstić information content (AvgIpc) is 3.61. The number of hydrogen-bond acceptors (Lipinski definition) is 7. The molecule has 4 aromatic rings. The maximum atomic E-state index is 14.0. The molecule has 2 aromatic heterocycles. The second-order valence-corrected chi connectivity index (χ2v) is 10.1. The average molecular weight is 541 g/mol. The van der Waals surface area contributed by atoms with E-state index in [1.165, 1.54) is 16.6 Å². The molecule has 206 valence electrons. The molecule has 0 unspecified atom stereocenters. The predicted molar refractivity (Wildman–Crippen MR) is 148 cm³/mol. The monoisotopic (exact) mass is 540 g/mol. The van der Waals surface area contributed by atoms with Crippen LogP contribution in [0, 0.1) is 6.92 Å². The van der Waals surface area contributed by atoms with E-state index in [1.54, 1.807) is 43.3 Å². The molecule has 1 aliphatic carbocycles. The van der Waals surface area contributed by atoms with Crippen molar-refractivity contribution in [1.82, 2.24) is 25.5 Å². The van der Waals surface area contributed by atoms with Gasteiger partial charge in [-0.25, -0.2) is 0 Å². The first-order valence-corrected chi connectivity index (χ1v) is 13.5. The zero-order chi connectivity index (χ0) is 28.1. The number of furan rings is 1. The van der Waals surface area contributed by atoms with E-state index in [0.717, 1.165) is 37.7 Å². The third-order valence-electron chi connectivity index (χ3n) is 7.05. The molecule has 1 saturated carbocycles. The van der Waals surface area contributed by atoms with Crippen molar-refractivity contribution in [1.29, 1.82) is 0 Å². The molecule has 1 N–H and O–H groups in total. The summed E-state index contributed by atoms with van der Waals surface area (Å²) in [6.07, 6.45) is 5.00. The first-order valence-electron chi connectivity index (χ1n) is 13.5. The number of carbonyl (C=O) groups is 3. The van der Waals surface area contributed by atoms with Crippen molar-refractivity contribution in [2.75, 3.05) is 4.90 Å². The number of nitrogens with one attached hydrogen (secondary N) is 1. The van der Waals surface area contributed by atoms with E-state index in [-0.39, 0.29) is 24.3 Å². The Labute approximate surface area is 232 Å². The van der Waals surface area contributed by atoms with Crippen molar-refractivity contribution < 1.29 is 18.8 Å². The van der Waals surface area contributed by atoms with E-state index in [9.17, 15) is 14.4 Å². The van der Waals surface area contributed by atoms with Gasteiger partial charge in [0.25, 0.3) is 11.8 Å². The van der Waals surface area contributed by atoms with Crippen LogP contribution in [0.15, 0.2) is 71.1 Å². The van der Waals surface area contributed by atoms with Crippen LogP contribution < -0.4 is 10.2 Å². The number of aromatic nitrogens is 4. The molecule has 10 heteroatoms. The third kappa shape index (κ3) is 6.17. The number of amides is 2. The first kappa shape index (κ1) is 27.0. The number of hydrogen-bond donors (Lipinski definition) is 1. The van der Waals surface area contributed by atoms with Crippen molar-refractivity contribution in [3.05, 3.63) is 83.8 Å². The lowest BCUT2D eigenvalue weighted by Gasteiger charge is -2.32. The van der Waals surface area contributed by atoms with Crippen LogP contribution in [-0.2, 0) is 16.1 Å². The van der Waals surface area contributed by atoms with Crippen LogP contribution in [0.4, 0.5) is 5.69 Å². The number of carbonyl (C=O) groups excluding carboxylic acids is 3. The van der Waals surface area contributed by atoms with Gasteiger partial charge in [0, 0.05) is 22.9 Å². The van der Waals surface area contributed by atoms with Gasteiger partial charge in [-0.15, -0.1) is 10.2 Å². The fourth-order valence-electron chi connectivity index (χ4n) is 5.02. The van der Waals surface area contributed by atoms with Gasteiger partial charge in [-0.2, -0.15) is 4.80 Å². The summed E-state index contributed by atoms with van der Waals surface area (Å²) in [6.45, 7) is 2.96. The maximum absolute atomic E-state index is 14.0. The molecule has 0 aliphatic heterocycles. The molecule has 40 heavy (non-hydrogen) atoms. The molecule has 0 bridgehead atoms. The van der Waals surface area contributed by atoms with Crippen LogP contribution in [0.25, 0.3) is 11.4 Å². The standard InChI is InChI=1S/C30H32N6O4/c1-20-16-17-26(40-20)28(30(39)31-24-13-7-4-8-14-24)36(25-15-9-12-23(18-25)21(2)37)27(38)19-35-33-29(32-34-35)22-10-5-3-6-11-22/h3,5-6,9-12,15-18,24,28H,4,7-8,13-14,19H2,1-2H3,(H,31,39)/t28-/m1/s1. The quantitative estimate of drug-likeness (QED) is 0.306. The highest BCUT2D eigenvalue weighted by atomic mass is 16.3. The Kier molecular flexibility index (Phi) is 8.14.